The second kappa shape index (κ2) is 9.16. The standard InChI is InChI=1S/C16H32N4O4S/c1-14(2)12-17-16(21)19-5-4-15(13-19)20(25(3,22)23)7-6-18-8-10-24-11-9-18/h14-15H,4-13H2,1-3H3,(H,17,21)/t15-/m0/s1. The van der Waals surface area contributed by atoms with Gasteiger partial charge in [-0.15, -0.1) is 0 Å². The Kier molecular flexibility index (Phi) is 7.48. The monoisotopic (exact) mass is 376 g/mol. The third-order valence-electron chi connectivity index (χ3n) is 4.69. The van der Waals surface area contributed by atoms with Gasteiger partial charge in [0.05, 0.1) is 19.5 Å². The van der Waals surface area contributed by atoms with Gasteiger partial charge in [0.1, 0.15) is 0 Å². The summed E-state index contributed by atoms with van der Waals surface area (Å²) in [5, 5.41) is 2.90. The number of morpholine rings is 1. The molecule has 9 heteroatoms. The summed E-state index contributed by atoms with van der Waals surface area (Å²) in [5.74, 6) is 0.392. The number of amides is 2. The van der Waals surface area contributed by atoms with E-state index < -0.39 is 10.0 Å². The molecular formula is C16H32N4O4S. The molecule has 0 aromatic rings. The number of ether oxygens (including phenoxy) is 1. The van der Waals surface area contributed by atoms with Crippen molar-refractivity contribution < 1.29 is 17.9 Å². The van der Waals surface area contributed by atoms with E-state index in [1.165, 1.54) is 6.26 Å². The van der Waals surface area contributed by atoms with Gasteiger partial charge in [-0.3, -0.25) is 4.90 Å². The molecule has 2 heterocycles. The van der Waals surface area contributed by atoms with E-state index in [1.807, 2.05) is 13.8 Å². The molecule has 2 saturated heterocycles. The third kappa shape index (κ3) is 6.40. The first-order valence-electron chi connectivity index (χ1n) is 9.07. The normalized spacial score (nSPS) is 22.8. The second-order valence-electron chi connectivity index (χ2n) is 7.30. The molecule has 2 fully saturated rings. The van der Waals surface area contributed by atoms with Gasteiger partial charge in [-0.2, -0.15) is 4.31 Å². The van der Waals surface area contributed by atoms with Crippen LogP contribution in [0.5, 0.6) is 0 Å². The van der Waals surface area contributed by atoms with E-state index in [4.69, 9.17) is 4.74 Å². The molecule has 146 valence electrons. The number of hydrogen-bond acceptors (Lipinski definition) is 5. The topological polar surface area (TPSA) is 82.2 Å². The lowest BCUT2D eigenvalue weighted by Crippen LogP contribution is -2.48. The lowest BCUT2D eigenvalue weighted by atomic mass is 10.2. The molecule has 1 atom stereocenters. The summed E-state index contributed by atoms with van der Waals surface area (Å²) in [7, 11) is -3.31. The largest absolute Gasteiger partial charge is 0.379 e. The molecule has 25 heavy (non-hydrogen) atoms. The fourth-order valence-electron chi connectivity index (χ4n) is 3.25. The van der Waals surface area contributed by atoms with Crippen LogP contribution in [0.2, 0.25) is 0 Å². The van der Waals surface area contributed by atoms with Crippen molar-refractivity contribution >= 4 is 16.1 Å². The van der Waals surface area contributed by atoms with E-state index in [0.717, 1.165) is 13.1 Å². The number of carbonyl (C=O) groups excluding carboxylic acids is 1. The summed E-state index contributed by atoms with van der Waals surface area (Å²) in [6.07, 6.45) is 1.94. The molecular weight excluding hydrogens is 344 g/mol. The Morgan fingerprint density at radius 2 is 1.96 bits per heavy atom. The molecule has 2 rings (SSSR count). The molecule has 1 N–H and O–H groups in total. The SMILES string of the molecule is CC(C)CNC(=O)N1CC[C@H](N(CCN2CCOCC2)S(C)(=O)=O)C1. The molecule has 2 aliphatic rings. The Balaban J connectivity index is 1.89. The lowest BCUT2D eigenvalue weighted by Gasteiger charge is -2.31. The highest BCUT2D eigenvalue weighted by molar-refractivity contribution is 7.88. The minimum Gasteiger partial charge on any atom is -0.379 e. The van der Waals surface area contributed by atoms with Crippen molar-refractivity contribution in [3.63, 3.8) is 0 Å². The Labute approximate surface area is 151 Å². The minimum atomic E-state index is -3.31. The van der Waals surface area contributed by atoms with Crippen molar-refractivity contribution in [1.82, 2.24) is 19.4 Å². The zero-order valence-electron chi connectivity index (χ0n) is 15.6. The number of nitrogens with zero attached hydrogens (tertiary/aromatic N) is 3. The van der Waals surface area contributed by atoms with Crippen molar-refractivity contribution in [2.45, 2.75) is 26.3 Å². The number of rotatable bonds is 7. The summed E-state index contributed by atoms with van der Waals surface area (Å²) in [5.41, 5.74) is 0. The average Bonchev–Trinajstić information content (AvgIpc) is 3.02. The Morgan fingerprint density at radius 1 is 1.28 bits per heavy atom. The Morgan fingerprint density at radius 3 is 2.56 bits per heavy atom. The van der Waals surface area contributed by atoms with E-state index in [9.17, 15) is 13.2 Å². The van der Waals surface area contributed by atoms with Gasteiger partial charge < -0.3 is 15.0 Å². The van der Waals surface area contributed by atoms with E-state index in [-0.39, 0.29) is 12.1 Å². The highest BCUT2D eigenvalue weighted by atomic mass is 32.2. The van der Waals surface area contributed by atoms with Crippen LogP contribution >= 0.6 is 0 Å². The number of hydrogen-bond donors (Lipinski definition) is 1. The summed E-state index contributed by atoms with van der Waals surface area (Å²) >= 11 is 0. The highest BCUT2D eigenvalue weighted by Gasteiger charge is 2.34. The predicted molar refractivity (Wildman–Crippen MR) is 97.0 cm³/mol. The van der Waals surface area contributed by atoms with Crippen molar-refractivity contribution in [2.24, 2.45) is 5.92 Å². The van der Waals surface area contributed by atoms with Crippen LogP contribution in [0, 0.1) is 5.92 Å². The van der Waals surface area contributed by atoms with E-state index in [1.54, 1.807) is 9.21 Å². The van der Waals surface area contributed by atoms with Crippen molar-refractivity contribution in [3.8, 4) is 0 Å². The summed E-state index contributed by atoms with van der Waals surface area (Å²) in [4.78, 5) is 16.1. The van der Waals surface area contributed by atoms with Crippen molar-refractivity contribution in [2.75, 3.05) is 65.3 Å². The molecule has 2 aliphatic heterocycles. The van der Waals surface area contributed by atoms with Gasteiger partial charge in [-0.25, -0.2) is 13.2 Å². The fourth-order valence-corrected chi connectivity index (χ4v) is 4.38. The minimum absolute atomic E-state index is 0.0992. The zero-order chi connectivity index (χ0) is 18.4. The Bertz CT molecular complexity index is 534. The van der Waals surface area contributed by atoms with E-state index in [0.29, 0.717) is 58.3 Å². The maximum atomic E-state index is 12.2. The number of carbonyl (C=O) groups is 1. The lowest BCUT2D eigenvalue weighted by molar-refractivity contribution is 0.0354. The van der Waals surface area contributed by atoms with E-state index in [2.05, 4.69) is 10.2 Å². The summed E-state index contributed by atoms with van der Waals surface area (Å²) in [6, 6.07) is -0.237. The highest BCUT2D eigenvalue weighted by Crippen LogP contribution is 2.18. The number of nitrogens with one attached hydrogen (secondary N) is 1. The van der Waals surface area contributed by atoms with Crippen LogP contribution in [0.15, 0.2) is 0 Å². The van der Waals surface area contributed by atoms with Gasteiger partial charge in [-0.05, 0) is 12.3 Å². The molecule has 0 spiro atoms. The van der Waals surface area contributed by atoms with Gasteiger partial charge in [0, 0.05) is 51.9 Å². The average molecular weight is 377 g/mol. The number of sulfonamides is 1. The van der Waals surface area contributed by atoms with Gasteiger partial charge >= 0.3 is 6.03 Å². The molecule has 0 unspecified atom stereocenters. The smallest absolute Gasteiger partial charge is 0.317 e. The third-order valence-corrected chi connectivity index (χ3v) is 6.02. The van der Waals surface area contributed by atoms with Gasteiger partial charge in [0.15, 0.2) is 0 Å². The number of urea groups is 1. The maximum absolute atomic E-state index is 12.2. The van der Waals surface area contributed by atoms with E-state index >= 15 is 0 Å². The van der Waals surface area contributed by atoms with Crippen LogP contribution in [-0.2, 0) is 14.8 Å². The summed E-state index contributed by atoms with van der Waals surface area (Å²) in [6.45, 7) is 10.0. The van der Waals surface area contributed by atoms with Gasteiger partial charge in [0.2, 0.25) is 10.0 Å². The molecule has 2 amide bonds. The van der Waals surface area contributed by atoms with Crippen LogP contribution in [0.3, 0.4) is 0 Å². The molecule has 0 aromatic carbocycles. The van der Waals surface area contributed by atoms with Crippen LogP contribution in [-0.4, -0.2) is 99.9 Å². The maximum Gasteiger partial charge on any atom is 0.317 e. The molecule has 0 radical (unpaired) electrons. The fraction of sp³-hybridized carbons (Fsp3) is 0.938. The first-order chi connectivity index (χ1) is 11.8. The van der Waals surface area contributed by atoms with Gasteiger partial charge in [0.25, 0.3) is 0 Å². The molecule has 0 aliphatic carbocycles. The molecule has 0 saturated carbocycles. The van der Waals surface area contributed by atoms with Crippen LogP contribution in [0.25, 0.3) is 0 Å². The zero-order valence-corrected chi connectivity index (χ0v) is 16.4. The predicted octanol–water partition coefficient (Wildman–Crippen LogP) is 0.0201. The Hall–Kier alpha value is -0.900. The van der Waals surface area contributed by atoms with Crippen LogP contribution in [0.4, 0.5) is 4.79 Å². The summed E-state index contributed by atoms with van der Waals surface area (Å²) < 4.78 is 31.4. The quantitative estimate of drug-likeness (QED) is 0.677. The first kappa shape index (κ1) is 20.4. The van der Waals surface area contributed by atoms with Crippen LogP contribution < -0.4 is 5.32 Å². The molecule has 8 nitrogen and oxygen atoms in total. The molecule has 0 bridgehead atoms. The first-order valence-corrected chi connectivity index (χ1v) is 10.9. The number of likely N-dealkylation sites (tertiary alicyclic amines) is 1. The van der Waals surface area contributed by atoms with Gasteiger partial charge in [-0.1, -0.05) is 13.8 Å². The van der Waals surface area contributed by atoms with Crippen LogP contribution in [0.1, 0.15) is 20.3 Å². The van der Waals surface area contributed by atoms with Crippen molar-refractivity contribution in [1.29, 1.82) is 0 Å². The second-order valence-corrected chi connectivity index (χ2v) is 9.23. The molecule has 0 aromatic heterocycles. The van der Waals surface area contributed by atoms with Crippen molar-refractivity contribution in [3.05, 3.63) is 0 Å².